The summed E-state index contributed by atoms with van der Waals surface area (Å²) in [7, 11) is -3.34. The number of hydrogen-bond acceptors (Lipinski definition) is 3. The quantitative estimate of drug-likeness (QED) is 0.931. The maximum Gasteiger partial charge on any atom is 0.243 e. The second-order valence-electron chi connectivity index (χ2n) is 6.28. The Balaban J connectivity index is 1.76. The highest BCUT2D eigenvalue weighted by molar-refractivity contribution is 7.89. The van der Waals surface area contributed by atoms with Crippen LogP contribution in [0.25, 0.3) is 0 Å². The van der Waals surface area contributed by atoms with Crippen LogP contribution in [-0.4, -0.2) is 38.4 Å². The van der Waals surface area contributed by atoms with Gasteiger partial charge in [0, 0.05) is 19.1 Å². The normalized spacial score (nSPS) is 27.9. The second-order valence-corrected chi connectivity index (χ2v) is 8.22. The first kappa shape index (κ1) is 15.0. The lowest BCUT2D eigenvalue weighted by atomic mass is 9.91. The van der Waals surface area contributed by atoms with Crippen LogP contribution in [0.2, 0.25) is 0 Å². The van der Waals surface area contributed by atoms with Gasteiger partial charge < -0.3 is 5.32 Å². The van der Waals surface area contributed by atoms with E-state index in [1.807, 2.05) is 19.1 Å². The van der Waals surface area contributed by atoms with Crippen LogP contribution < -0.4 is 5.32 Å². The van der Waals surface area contributed by atoms with Crippen LogP contribution in [0.15, 0.2) is 29.2 Å². The third kappa shape index (κ3) is 3.15. The Hall–Kier alpha value is -0.910. The standard InChI is InChI=1S/C16H24N2O2S/c1-13-6-8-15(9-7-13)21(19,20)18-11-3-4-14(12-18)16-5-2-10-17-16/h6-9,14,16-17H,2-5,10-12H2,1H3. The number of nitrogens with one attached hydrogen (secondary N) is 1. The summed E-state index contributed by atoms with van der Waals surface area (Å²) in [5.41, 5.74) is 1.08. The molecule has 0 radical (unpaired) electrons. The molecule has 0 amide bonds. The van der Waals surface area contributed by atoms with Gasteiger partial charge in [-0.2, -0.15) is 4.31 Å². The van der Waals surface area contributed by atoms with E-state index in [1.165, 1.54) is 12.8 Å². The summed E-state index contributed by atoms with van der Waals surface area (Å²) in [4.78, 5) is 0.424. The van der Waals surface area contributed by atoms with Crippen molar-refractivity contribution in [3.8, 4) is 0 Å². The van der Waals surface area contributed by atoms with Crippen LogP contribution in [0, 0.1) is 12.8 Å². The number of piperidine rings is 1. The van der Waals surface area contributed by atoms with Gasteiger partial charge in [-0.3, -0.25) is 0 Å². The van der Waals surface area contributed by atoms with E-state index in [0.717, 1.165) is 24.9 Å². The highest BCUT2D eigenvalue weighted by Gasteiger charge is 2.34. The molecule has 3 rings (SSSR count). The van der Waals surface area contributed by atoms with E-state index in [-0.39, 0.29) is 0 Å². The molecule has 0 aliphatic carbocycles. The number of aryl methyl sites for hydroxylation is 1. The van der Waals surface area contributed by atoms with Gasteiger partial charge in [0.1, 0.15) is 0 Å². The highest BCUT2D eigenvalue weighted by atomic mass is 32.2. The van der Waals surface area contributed by atoms with Crippen LogP contribution in [0.1, 0.15) is 31.2 Å². The fraction of sp³-hybridized carbons (Fsp3) is 0.625. The minimum Gasteiger partial charge on any atom is -0.314 e. The molecular formula is C16H24N2O2S. The van der Waals surface area contributed by atoms with Crippen LogP contribution in [0.3, 0.4) is 0 Å². The van der Waals surface area contributed by atoms with Gasteiger partial charge in [0.15, 0.2) is 0 Å². The molecule has 2 aliphatic heterocycles. The van der Waals surface area contributed by atoms with Crippen molar-refractivity contribution in [1.29, 1.82) is 0 Å². The molecule has 4 nitrogen and oxygen atoms in total. The van der Waals surface area contributed by atoms with E-state index < -0.39 is 10.0 Å². The Bertz CT molecular complexity index is 577. The van der Waals surface area contributed by atoms with E-state index in [2.05, 4.69) is 5.32 Å². The van der Waals surface area contributed by atoms with E-state index in [0.29, 0.717) is 29.9 Å². The fourth-order valence-electron chi connectivity index (χ4n) is 3.49. The van der Waals surface area contributed by atoms with E-state index in [1.54, 1.807) is 16.4 Å². The van der Waals surface area contributed by atoms with Gasteiger partial charge in [-0.15, -0.1) is 0 Å². The van der Waals surface area contributed by atoms with Crippen molar-refractivity contribution in [1.82, 2.24) is 9.62 Å². The van der Waals surface area contributed by atoms with Gasteiger partial charge in [-0.1, -0.05) is 17.7 Å². The molecule has 2 heterocycles. The van der Waals surface area contributed by atoms with E-state index >= 15 is 0 Å². The Morgan fingerprint density at radius 2 is 1.90 bits per heavy atom. The average molecular weight is 308 g/mol. The Morgan fingerprint density at radius 3 is 2.57 bits per heavy atom. The Kier molecular flexibility index (Phi) is 4.33. The predicted molar refractivity (Wildman–Crippen MR) is 83.7 cm³/mol. The zero-order chi connectivity index (χ0) is 14.9. The first-order valence-electron chi connectivity index (χ1n) is 7.87. The van der Waals surface area contributed by atoms with Gasteiger partial charge in [0.05, 0.1) is 4.90 Å². The summed E-state index contributed by atoms with van der Waals surface area (Å²) in [6.07, 6.45) is 4.50. The van der Waals surface area contributed by atoms with E-state index in [4.69, 9.17) is 0 Å². The number of sulfonamides is 1. The highest BCUT2D eigenvalue weighted by Crippen LogP contribution is 2.28. The molecule has 1 N–H and O–H groups in total. The molecule has 21 heavy (non-hydrogen) atoms. The molecule has 5 heteroatoms. The van der Waals surface area contributed by atoms with E-state index in [9.17, 15) is 8.42 Å². The number of benzene rings is 1. The van der Waals surface area contributed by atoms with Crippen molar-refractivity contribution < 1.29 is 8.42 Å². The van der Waals surface area contributed by atoms with Crippen molar-refractivity contribution in [2.75, 3.05) is 19.6 Å². The van der Waals surface area contributed by atoms with Crippen molar-refractivity contribution in [3.63, 3.8) is 0 Å². The lowest BCUT2D eigenvalue weighted by Crippen LogP contribution is -2.45. The lowest BCUT2D eigenvalue weighted by Gasteiger charge is -2.35. The minimum atomic E-state index is -3.34. The predicted octanol–water partition coefficient (Wildman–Crippen LogP) is 2.15. The van der Waals surface area contributed by atoms with Crippen molar-refractivity contribution in [3.05, 3.63) is 29.8 Å². The maximum absolute atomic E-state index is 12.8. The van der Waals surface area contributed by atoms with Gasteiger partial charge in [-0.05, 0) is 57.2 Å². The molecule has 2 aliphatic rings. The molecule has 2 saturated heterocycles. The largest absolute Gasteiger partial charge is 0.314 e. The molecule has 2 unspecified atom stereocenters. The minimum absolute atomic E-state index is 0.424. The van der Waals surface area contributed by atoms with Gasteiger partial charge in [0.2, 0.25) is 10.0 Å². The average Bonchev–Trinajstić information content (AvgIpc) is 3.02. The van der Waals surface area contributed by atoms with Gasteiger partial charge in [-0.25, -0.2) is 8.42 Å². The molecule has 2 atom stereocenters. The summed E-state index contributed by atoms with van der Waals surface area (Å²) in [6.45, 7) is 4.36. The molecule has 0 aromatic heterocycles. The summed E-state index contributed by atoms with van der Waals surface area (Å²) >= 11 is 0. The van der Waals surface area contributed by atoms with Crippen molar-refractivity contribution in [2.45, 2.75) is 43.5 Å². The lowest BCUT2D eigenvalue weighted by molar-refractivity contribution is 0.226. The van der Waals surface area contributed by atoms with Crippen LogP contribution in [-0.2, 0) is 10.0 Å². The van der Waals surface area contributed by atoms with Crippen LogP contribution in [0.5, 0.6) is 0 Å². The Morgan fingerprint density at radius 1 is 1.14 bits per heavy atom. The smallest absolute Gasteiger partial charge is 0.243 e. The molecule has 0 saturated carbocycles. The number of nitrogens with zero attached hydrogens (tertiary/aromatic N) is 1. The molecule has 2 fully saturated rings. The number of hydrogen-bond donors (Lipinski definition) is 1. The summed E-state index contributed by atoms with van der Waals surface area (Å²) in [5, 5.41) is 3.52. The molecule has 0 spiro atoms. The number of rotatable bonds is 3. The summed E-state index contributed by atoms with van der Waals surface area (Å²) in [6, 6.07) is 7.69. The zero-order valence-electron chi connectivity index (χ0n) is 12.6. The molecule has 116 valence electrons. The van der Waals surface area contributed by atoms with Crippen molar-refractivity contribution >= 4 is 10.0 Å². The second kappa shape index (κ2) is 6.07. The monoisotopic (exact) mass is 308 g/mol. The van der Waals surface area contributed by atoms with Gasteiger partial charge in [0.25, 0.3) is 0 Å². The first-order valence-corrected chi connectivity index (χ1v) is 9.31. The topological polar surface area (TPSA) is 49.4 Å². The summed E-state index contributed by atoms with van der Waals surface area (Å²) in [5.74, 6) is 0.460. The first-order chi connectivity index (χ1) is 10.1. The molecule has 0 bridgehead atoms. The SMILES string of the molecule is Cc1ccc(S(=O)(=O)N2CCCC(C3CCCN3)C2)cc1. The third-order valence-corrected chi connectivity index (χ3v) is 6.63. The maximum atomic E-state index is 12.8. The molecule has 1 aromatic carbocycles. The Labute approximate surface area is 127 Å². The fourth-order valence-corrected chi connectivity index (χ4v) is 5.03. The zero-order valence-corrected chi connectivity index (χ0v) is 13.4. The van der Waals surface area contributed by atoms with Gasteiger partial charge >= 0.3 is 0 Å². The molecule has 1 aromatic rings. The van der Waals surface area contributed by atoms with Crippen molar-refractivity contribution in [2.24, 2.45) is 5.92 Å². The third-order valence-electron chi connectivity index (χ3n) is 4.75. The summed E-state index contributed by atoms with van der Waals surface area (Å²) < 4.78 is 27.2. The van der Waals surface area contributed by atoms with Crippen LogP contribution in [0.4, 0.5) is 0 Å². The van der Waals surface area contributed by atoms with Crippen LogP contribution >= 0.6 is 0 Å². The molecular weight excluding hydrogens is 284 g/mol.